The number of hydrogen-bond acceptors (Lipinski definition) is 6. The van der Waals surface area contributed by atoms with Crippen molar-refractivity contribution >= 4 is 63.2 Å². The SMILES string of the molecule is O=C(CSc1nc2c(sc(=S)n2-c2ccc(Cl)cc2)c(=O)[nH]1)N1CCCCCC1. The molecule has 1 amide bonds. The molecule has 3 heterocycles. The highest BCUT2D eigenvalue weighted by Gasteiger charge is 2.18. The summed E-state index contributed by atoms with van der Waals surface area (Å²) in [6.45, 7) is 1.62. The van der Waals surface area contributed by atoms with Gasteiger partial charge in [0, 0.05) is 23.8 Å². The first-order chi connectivity index (χ1) is 14.0. The molecule has 1 aliphatic rings. The van der Waals surface area contributed by atoms with Crippen LogP contribution < -0.4 is 5.56 Å². The van der Waals surface area contributed by atoms with Crippen molar-refractivity contribution in [2.45, 2.75) is 30.8 Å². The van der Waals surface area contributed by atoms with Crippen LogP contribution in [0.15, 0.2) is 34.2 Å². The van der Waals surface area contributed by atoms with Crippen molar-refractivity contribution in [2.75, 3.05) is 18.8 Å². The average Bonchev–Trinajstić information content (AvgIpc) is 2.88. The monoisotopic (exact) mass is 466 g/mol. The number of carbonyl (C=O) groups is 1. The van der Waals surface area contributed by atoms with Crippen LogP contribution in [0.5, 0.6) is 0 Å². The normalized spacial score (nSPS) is 14.9. The Bertz CT molecular complexity index is 1140. The second-order valence-electron chi connectivity index (χ2n) is 6.79. The predicted molar refractivity (Wildman–Crippen MR) is 121 cm³/mol. The Kier molecular flexibility index (Phi) is 6.38. The Morgan fingerprint density at radius 2 is 1.90 bits per heavy atom. The Morgan fingerprint density at radius 1 is 1.21 bits per heavy atom. The topological polar surface area (TPSA) is 71.0 Å². The molecular weight excluding hydrogens is 448 g/mol. The zero-order chi connectivity index (χ0) is 20.4. The summed E-state index contributed by atoms with van der Waals surface area (Å²) in [5.74, 6) is 0.333. The number of aromatic nitrogens is 3. The zero-order valence-electron chi connectivity index (χ0n) is 15.5. The molecule has 4 rings (SSSR count). The van der Waals surface area contributed by atoms with E-state index in [-0.39, 0.29) is 17.2 Å². The summed E-state index contributed by atoms with van der Waals surface area (Å²) < 4.78 is 2.76. The molecule has 1 saturated heterocycles. The van der Waals surface area contributed by atoms with Crippen molar-refractivity contribution in [1.82, 2.24) is 19.4 Å². The summed E-state index contributed by atoms with van der Waals surface area (Å²) >= 11 is 13.9. The van der Waals surface area contributed by atoms with Crippen molar-refractivity contribution in [3.63, 3.8) is 0 Å². The van der Waals surface area contributed by atoms with E-state index in [1.54, 1.807) is 16.7 Å². The first kappa shape index (κ1) is 20.6. The predicted octanol–water partition coefficient (Wildman–Crippen LogP) is 4.65. The first-order valence-corrected chi connectivity index (χ1v) is 11.9. The number of hydrogen-bond donors (Lipinski definition) is 1. The maximum atomic E-state index is 12.6. The van der Waals surface area contributed by atoms with Gasteiger partial charge in [-0.3, -0.25) is 14.2 Å². The molecule has 0 bridgehead atoms. The number of aromatic amines is 1. The fourth-order valence-electron chi connectivity index (χ4n) is 3.32. The van der Waals surface area contributed by atoms with Gasteiger partial charge in [0.15, 0.2) is 14.8 Å². The van der Waals surface area contributed by atoms with Crippen molar-refractivity contribution < 1.29 is 4.79 Å². The van der Waals surface area contributed by atoms with E-state index >= 15 is 0 Å². The summed E-state index contributed by atoms with van der Waals surface area (Å²) in [4.78, 5) is 34.4. The molecule has 6 nitrogen and oxygen atoms in total. The van der Waals surface area contributed by atoms with Gasteiger partial charge in [-0.2, -0.15) is 0 Å². The van der Waals surface area contributed by atoms with Gasteiger partial charge in [-0.05, 0) is 49.3 Å². The molecule has 2 aromatic heterocycles. The lowest BCUT2D eigenvalue weighted by Crippen LogP contribution is -2.33. The van der Waals surface area contributed by atoms with E-state index in [0.29, 0.717) is 24.5 Å². The number of thioether (sulfide) groups is 1. The van der Waals surface area contributed by atoms with Crippen LogP contribution in [0.4, 0.5) is 0 Å². The third kappa shape index (κ3) is 4.58. The molecule has 0 spiro atoms. The van der Waals surface area contributed by atoms with Crippen LogP contribution >= 0.6 is 46.9 Å². The van der Waals surface area contributed by atoms with Gasteiger partial charge in [0.2, 0.25) is 5.91 Å². The maximum absolute atomic E-state index is 12.6. The number of nitrogens with one attached hydrogen (secondary N) is 1. The van der Waals surface area contributed by atoms with Crippen LogP contribution in [0, 0.1) is 3.95 Å². The van der Waals surface area contributed by atoms with Crippen LogP contribution in [0.3, 0.4) is 0 Å². The van der Waals surface area contributed by atoms with E-state index in [0.717, 1.165) is 31.6 Å². The summed E-state index contributed by atoms with van der Waals surface area (Å²) in [7, 11) is 0. The Balaban J connectivity index is 1.61. The van der Waals surface area contributed by atoms with E-state index in [4.69, 9.17) is 23.8 Å². The quantitative estimate of drug-likeness (QED) is 0.344. The van der Waals surface area contributed by atoms with Gasteiger partial charge in [-0.15, -0.1) is 0 Å². The lowest BCUT2D eigenvalue weighted by molar-refractivity contribution is -0.128. The third-order valence-corrected chi connectivity index (χ3v) is 7.27. The van der Waals surface area contributed by atoms with Gasteiger partial charge in [0.05, 0.1) is 5.75 Å². The van der Waals surface area contributed by atoms with Crippen molar-refractivity contribution in [2.24, 2.45) is 0 Å². The minimum Gasteiger partial charge on any atom is -0.342 e. The fraction of sp³-hybridized carbons (Fsp3) is 0.368. The molecule has 0 aliphatic carbocycles. The molecule has 1 N–H and O–H groups in total. The fourth-order valence-corrected chi connectivity index (χ4v) is 5.48. The number of likely N-dealkylation sites (tertiary alicyclic amines) is 1. The molecule has 10 heteroatoms. The molecule has 0 unspecified atom stereocenters. The Morgan fingerprint density at radius 3 is 2.59 bits per heavy atom. The van der Waals surface area contributed by atoms with Gasteiger partial charge in [-0.1, -0.05) is 47.5 Å². The number of carbonyl (C=O) groups excluding carboxylic acids is 1. The van der Waals surface area contributed by atoms with Crippen molar-refractivity contribution in [3.8, 4) is 5.69 Å². The molecule has 0 radical (unpaired) electrons. The highest BCUT2D eigenvalue weighted by atomic mass is 35.5. The standard InChI is InChI=1S/C19H19ClN4O2S3/c20-12-5-7-13(8-6-12)24-16-15(29-19(24)27)17(26)22-18(21-16)28-11-14(25)23-9-3-1-2-4-10-23/h5-8H,1-4,9-11H2,(H,21,22,26). The van der Waals surface area contributed by atoms with E-state index in [9.17, 15) is 9.59 Å². The lowest BCUT2D eigenvalue weighted by atomic mass is 10.2. The van der Waals surface area contributed by atoms with Gasteiger partial charge in [0.25, 0.3) is 5.56 Å². The average molecular weight is 467 g/mol. The molecular formula is C19H19ClN4O2S3. The number of nitrogens with zero attached hydrogens (tertiary/aromatic N) is 3. The van der Waals surface area contributed by atoms with Crippen molar-refractivity contribution in [3.05, 3.63) is 43.6 Å². The highest BCUT2D eigenvalue weighted by Crippen LogP contribution is 2.25. The number of H-pyrrole nitrogens is 1. The largest absolute Gasteiger partial charge is 0.342 e. The summed E-state index contributed by atoms with van der Waals surface area (Å²) in [6.07, 6.45) is 4.45. The molecule has 1 fully saturated rings. The summed E-state index contributed by atoms with van der Waals surface area (Å²) in [6, 6.07) is 7.21. The Hall–Kier alpha value is -1.68. The van der Waals surface area contributed by atoms with Crippen LogP contribution in [-0.2, 0) is 4.79 Å². The first-order valence-electron chi connectivity index (χ1n) is 9.35. The summed E-state index contributed by atoms with van der Waals surface area (Å²) in [5, 5.41) is 1.04. The molecule has 0 atom stereocenters. The number of amides is 1. The highest BCUT2D eigenvalue weighted by molar-refractivity contribution is 7.99. The van der Waals surface area contributed by atoms with Gasteiger partial charge in [0.1, 0.15) is 4.70 Å². The molecule has 0 saturated carbocycles. The third-order valence-electron chi connectivity index (χ3n) is 4.80. The van der Waals surface area contributed by atoms with Gasteiger partial charge < -0.3 is 9.88 Å². The number of benzene rings is 1. The molecule has 1 aliphatic heterocycles. The number of rotatable bonds is 4. The maximum Gasteiger partial charge on any atom is 0.271 e. The molecule has 29 heavy (non-hydrogen) atoms. The van der Waals surface area contributed by atoms with Crippen LogP contribution in [0.25, 0.3) is 16.0 Å². The van der Waals surface area contributed by atoms with Crippen molar-refractivity contribution in [1.29, 1.82) is 0 Å². The Labute approximate surface area is 185 Å². The van der Waals surface area contributed by atoms with Gasteiger partial charge >= 0.3 is 0 Å². The second-order valence-corrected chi connectivity index (χ2v) is 9.83. The number of fused-ring (bicyclic) bond motifs is 1. The smallest absolute Gasteiger partial charge is 0.271 e. The zero-order valence-corrected chi connectivity index (χ0v) is 18.7. The van der Waals surface area contributed by atoms with Crippen LogP contribution in [0.2, 0.25) is 5.02 Å². The van der Waals surface area contributed by atoms with E-state index in [1.165, 1.54) is 35.9 Å². The van der Waals surface area contributed by atoms with Crippen LogP contribution in [-0.4, -0.2) is 44.2 Å². The van der Waals surface area contributed by atoms with E-state index in [2.05, 4.69) is 9.97 Å². The van der Waals surface area contributed by atoms with Gasteiger partial charge in [-0.25, -0.2) is 4.98 Å². The second kappa shape index (κ2) is 8.99. The van der Waals surface area contributed by atoms with E-state index in [1.807, 2.05) is 17.0 Å². The minimum absolute atomic E-state index is 0.0829. The molecule has 152 valence electrons. The van der Waals surface area contributed by atoms with Crippen LogP contribution in [0.1, 0.15) is 25.7 Å². The molecule has 1 aromatic carbocycles. The minimum atomic E-state index is -0.247. The number of thiazole rings is 1. The summed E-state index contributed by atoms with van der Waals surface area (Å²) in [5.41, 5.74) is 1.04. The lowest BCUT2D eigenvalue weighted by Gasteiger charge is -2.19. The molecule has 3 aromatic rings. The number of halogens is 1. The van der Waals surface area contributed by atoms with E-state index < -0.39 is 0 Å².